The van der Waals surface area contributed by atoms with Gasteiger partial charge in [0.25, 0.3) is 5.91 Å². The lowest BCUT2D eigenvalue weighted by molar-refractivity contribution is -0.144. The predicted molar refractivity (Wildman–Crippen MR) is 94.2 cm³/mol. The Morgan fingerprint density at radius 1 is 1.44 bits per heavy atom. The molecule has 1 aromatic heterocycles. The van der Waals surface area contributed by atoms with Crippen LogP contribution in [0.15, 0.2) is 0 Å². The largest absolute Gasteiger partial charge is 0.346 e. The summed E-state index contributed by atoms with van der Waals surface area (Å²) >= 11 is 1.38. The average molecular weight is 372 g/mol. The standard InChI is InChI=1S/C17H26F2N4OS/c1-11(2)10-13-21-15(25-22-13)23-9-6-12(17(23)7-4-5-8-17)20-14(24)16(3,18)19/h11-12H,4-10H2,1-3H3,(H,20,24). The summed E-state index contributed by atoms with van der Waals surface area (Å²) in [7, 11) is 0. The minimum atomic E-state index is -3.35. The molecule has 0 radical (unpaired) electrons. The fourth-order valence-corrected chi connectivity index (χ4v) is 4.94. The van der Waals surface area contributed by atoms with Crippen molar-refractivity contribution in [3.63, 3.8) is 0 Å². The second-order valence-electron chi connectivity index (χ2n) is 7.76. The number of nitrogens with one attached hydrogen (secondary N) is 1. The van der Waals surface area contributed by atoms with Crippen molar-refractivity contribution in [1.82, 2.24) is 14.7 Å². The minimum absolute atomic E-state index is 0.259. The maximum absolute atomic E-state index is 13.3. The van der Waals surface area contributed by atoms with E-state index in [-0.39, 0.29) is 11.6 Å². The summed E-state index contributed by atoms with van der Waals surface area (Å²) in [5.74, 6) is -3.19. The molecule has 1 saturated carbocycles. The molecule has 1 aliphatic carbocycles. The maximum atomic E-state index is 13.3. The molecule has 1 saturated heterocycles. The SMILES string of the molecule is CC(C)Cc1nsc(N2CCC(NC(=O)C(C)(F)F)C23CCCC3)n1. The zero-order chi connectivity index (χ0) is 18.2. The van der Waals surface area contributed by atoms with Crippen LogP contribution in [0.4, 0.5) is 13.9 Å². The number of hydrogen-bond donors (Lipinski definition) is 1. The summed E-state index contributed by atoms with van der Waals surface area (Å²) in [4.78, 5) is 18.7. The van der Waals surface area contributed by atoms with Crippen molar-refractivity contribution in [2.45, 2.75) is 76.8 Å². The summed E-state index contributed by atoms with van der Waals surface area (Å²) in [6.45, 7) is 5.63. The molecule has 3 rings (SSSR count). The number of carbonyl (C=O) groups excluding carboxylic acids is 1. The van der Waals surface area contributed by atoms with Crippen LogP contribution in [0.1, 0.15) is 58.7 Å². The van der Waals surface area contributed by atoms with Crippen molar-refractivity contribution in [3.8, 4) is 0 Å². The number of nitrogens with zero attached hydrogens (tertiary/aromatic N) is 3. The van der Waals surface area contributed by atoms with Gasteiger partial charge < -0.3 is 10.2 Å². The molecule has 25 heavy (non-hydrogen) atoms. The van der Waals surface area contributed by atoms with E-state index in [4.69, 9.17) is 0 Å². The van der Waals surface area contributed by atoms with Crippen LogP contribution in [0.3, 0.4) is 0 Å². The zero-order valence-electron chi connectivity index (χ0n) is 15.0. The molecule has 140 valence electrons. The topological polar surface area (TPSA) is 58.1 Å². The van der Waals surface area contributed by atoms with Gasteiger partial charge in [0.2, 0.25) is 5.13 Å². The van der Waals surface area contributed by atoms with Crippen LogP contribution in [0.25, 0.3) is 0 Å². The monoisotopic (exact) mass is 372 g/mol. The molecule has 1 aliphatic heterocycles. The van der Waals surface area contributed by atoms with Crippen LogP contribution < -0.4 is 10.2 Å². The van der Waals surface area contributed by atoms with Crippen LogP contribution in [0, 0.1) is 5.92 Å². The number of aromatic nitrogens is 2. The predicted octanol–water partition coefficient (Wildman–Crippen LogP) is 3.40. The highest BCUT2D eigenvalue weighted by Gasteiger charge is 2.53. The summed E-state index contributed by atoms with van der Waals surface area (Å²) < 4.78 is 31.1. The first kappa shape index (κ1) is 18.5. The van der Waals surface area contributed by atoms with Crippen molar-refractivity contribution in [1.29, 1.82) is 0 Å². The second-order valence-corrected chi connectivity index (χ2v) is 8.49. The van der Waals surface area contributed by atoms with E-state index in [1.165, 1.54) is 11.5 Å². The lowest BCUT2D eigenvalue weighted by Gasteiger charge is -2.39. The fourth-order valence-electron chi connectivity index (χ4n) is 4.12. The molecule has 5 nitrogen and oxygen atoms in total. The van der Waals surface area contributed by atoms with Gasteiger partial charge in [-0.15, -0.1) is 0 Å². The first-order valence-electron chi connectivity index (χ1n) is 9.01. The van der Waals surface area contributed by atoms with Gasteiger partial charge in [-0.05, 0) is 25.2 Å². The number of amides is 1. The Balaban J connectivity index is 1.81. The molecule has 1 amide bonds. The molecule has 0 bridgehead atoms. The van der Waals surface area contributed by atoms with Gasteiger partial charge in [0.1, 0.15) is 5.82 Å². The number of carbonyl (C=O) groups is 1. The highest BCUT2D eigenvalue weighted by Crippen LogP contribution is 2.46. The highest BCUT2D eigenvalue weighted by molar-refractivity contribution is 7.09. The maximum Gasteiger partial charge on any atom is 0.321 e. The summed E-state index contributed by atoms with van der Waals surface area (Å²) in [5.41, 5.74) is -0.296. The molecule has 2 heterocycles. The molecular weight excluding hydrogens is 346 g/mol. The van der Waals surface area contributed by atoms with Crippen molar-refractivity contribution in [3.05, 3.63) is 5.82 Å². The van der Waals surface area contributed by atoms with Crippen LogP contribution in [-0.4, -0.2) is 39.3 Å². The third kappa shape index (κ3) is 3.64. The number of alkyl halides is 2. The van der Waals surface area contributed by atoms with Gasteiger partial charge in [-0.2, -0.15) is 13.2 Å². The number of anilines is 1. The third-order valence-electron chi connectivity index (χ3n) is 5.28. The molecule has 1 atom stereocenters. The number of halogens is 2. The Morgan fingerprint density at radius 2 is 2.12 bits per heavy atom. The Morgan fingerprint density at radius 3 is 2.72 bits per heavy atom. The van der Waals surface area contributed by atoms with Gasteiger partial charge in [-0.3, -0.25) is 4.79 Å². The fraction of sp³-hybridized carbons (Fsp3) is 0.824. The lowest BCUT2D eigenvalue weighted by atomic mass is 9.89. The first-order chi connectivity index (χ1) is 11.7. The second kappa shape index (κ2) is 6.78. The molecule has 1 aromatic rings. The summed E-state index contributed by atoms with van der Waals surface area (Å²) in [5, 5.41) is 3.48. The van der Waals surface area contributed by atoms with Gasteiger partial charge in [0.15, 0.2) is 0 Å². The molecule has 1 N–H and O–H groups in total. The molecule has 0 aromatic carbocycles. The van der Waals surface area contributed by atoms with Crippen LogP contribution in [0.5, 0.6) is 0 Å². The zero-order valence-corrected chi connectivity index (χ0v) is 15.8. The van der Waals surface area contributed by atoms with Crippen LogP contribution >= 0.6 is 11.5 Å². The normalized spacial score (nSPS) is 23.0. The number of hydrogen-bond acceptors (Lipinski definition) is 5. The van der Waals surface area contributed by atoms with E-state index in [0.717, 1.165) is 49.6 Å². The molecular formula is C17H26F2N4OS. The molecule has 1 unspecified atom stereocenters. The van der Waals surface area contributed by atoms with Gasteiger partial charge in [-0.1, -0.05) is 26.7 Å². The number of rotatable bonds is 5. The van der Waals surface area contributed by atoms with Crippen molar-refractivity contribution in [2.75, 3.05) is 11.4 Å². The van der Waals surface area contributed by atoms with E-state index in [1.807, 2.05) is 0 Å². The Bertz CT molecular complexity index is 622. The van der Waals surface area contributed by atoms with Crippen molar-refractivity contribution in [2.24, 2.45) is 5.92 Å². The first-order valence-corrected chi connectivity index (χ1v) is 9.79. The van der Waals surface area contributed by atoms with E-state index in [2.05, 4.69) is 33.4 Å². The molecule has 2 aliphatic rings. The van der Waals surface area contributed by atoms with E-state index in [0.29, 0.717) is 19.3 Å². The molecule has 8 heteroatoms. The van der Waals surface area contributed by atoms with E-state index >= 15 is 0 Å². The van der Waals surface area contributed by atoms with E-state index in [9.17, 15) is 13.6 Å². The third-order valence-corrected chi connectivity index (χ3v) is 6.06. The van der Waals surface area contributed by atoms with Gasteiger partial charge in [0, 0.05) is 31.4 Å². The van der Waals surface area contributed by atoms with Crippen LogP contribution in [0.2, 0.25) is 0 Å². The van der Waals surface area contributed by atoms with Crippen molar-refractivity contribution < 1.29 is 13.6 Å². The molecule has 2 fully saturated rings. The lowest BCUT2D eigenvalue weighted by Crippen LogP contribution is -2.57. The van der Waals surface area contributed by atoms with E-state index < -0.39 is 11.8 Å². The summed E-state index contributed by atoms with van der Waals surface area (Å²) in [6.07, 6.45) is 5.38. The average Bonchev–Trinajstić information content (AvgIpc) is 3.21. The van der Waals surface area contributed by atoms with Gasteiger partial charge in [-0.25, -0.2) is 4.98 Å². The minimum Gasteiger partial charge on any atom is -0.346 e. The van der Waals surface area contributed by atoms with Crippen LogP contribution in [-0.2, 0) is 11.2 Å². The van der Waals surface area contributed by atoms with Crippen molar-refractivity contribution >= 4 is 22.6 Å². The smallest absolute Gasteiger partial charge is 0.321 e. The quantitative estimate of drug-likeness (QED) is 0.861. The highest BCUT2D eigenvalue weighted by atomic mass is 32.1. The van der Waals surface area contributed by atoms with Gasteiger partial charge in [0.05, 0.1) is 11.6 Å². The Labute approximate surface area is 151 Å². The summed E-state index contributed by atoms with van der Waals surface area (Å²) in [6, 6.07) is -0.259. The Hall–Kier alpha value is -1.31. The molecule has 1 spiro atoms. The van der Waals surface area contributed by atoms with Gasteiger partial charge >= 0.3 is 5.92 Å². The van der Waals surface area contributed by atoms with E-state index in [1.54, 1.807) is 0 Å². The Kier molecular flexibility index (Phi) is 5.01.